The van der Waals surface area contributed by atoms with E-state index in [1.54, 1.807) is 0 Å². The maximum Gasteiger partial charge on any atom is 0.253 e. The van der Waals surface area contributed by atoms with Gasteiger partial charge in [0.2, 0.25) is 0 Å². The molecule has 1 fully saturated rings. The number of aryl methyl sites for hydroxylation is 1. The number of amides is 1. The van der Waals surface area contributed by atoms with Gasteiger partial charge in [-0.25, -0.2) is 0 Å². The Morgan fingerprint density at radius 2 is 2.10 bits per heavy atom. The Bertz CT molecular complexity index is 562. The minimum Gasteiger partial charge on any atom is -0.395 e. The third kappa shape index (κ3) is 3.86. The quantitative estimate of drug-likeness (QED) is 0.868. The van der Waals surface area contributed by atoms with E-state index in [0.717, 1.165) is 24.0 Å². The maximum atomic E-state index is 12.6. The average molecular weight is 285 g/mol. The summed E-state index contributed by atoms with van der Waals surface area (Å²) in [4.78, 5) is 14.4. The summed E-state index contributed by atoms with van der Waals surface area (Å²) in [6.45, 7) is 2.05. The van der Waals surface area contributed by atoms with Crippen LogP contribution in [-0.4, -0.2) is 35.6 Å². The lowest BCUT2D eigenvalue weighted by Gasteiger charge is -2.24. The van der Waals surface area contributed by atoms with E-state index in [0.29, 0.717) is 18.0 Å². The van der Waals surface area contributed by atoms with Crippen LogP contribution in [0.15, 0.2) is 18.2 Å². The predicted molar refractivity (Wildman–Crippen MR) is 84.1 cm³/mol. The SMILES string of the molecule is Cc1ccc(C(=O)N(C)C2CCCC2)cc1C#CCCO. The summed E-state index contributed by atoms with van der Waals surface area (Å²) in [7, 11) is 1.90. The van der Waals surface area contributed by atoms with Crippen LogP contribution in [0.25, 0.3) is 0 Å². The van der Waals surface area contributed by atoms with E-state index in [1.807, 2.05) is 37.1 Å². The molecule has 3 heteroatoms. The minimum absolute atomic E-state index is 0.0646. The number of carbonyl (C=O) groups is 1. The fourth-order valence-electron chi connectivity index (χ4n) is 2.76. The molecule has 21 heavy (non-hydrogen) atoms. The smallest absolute Gasteiger partial charge is 0.253 e. The molecule has 0 aliphatic heterocycles. The second kappa shape index (κ2) is 7.28. The predicted octanol–water partition coefficient (Wildman–Crippen LogP) is 2.74. The number of aliphatic hydroxyl groups excluding tert-OH is 1. The van der Waals surface area contributed by atoms with E-state index in [4.69, 9.17) is 5.11 Å². The van der Waals surface area contributed by atoms with Crippen LogP contribution in [0, 0.1) is 18.8 Å². The van der Waals surface area contributed by atoms with E-state index >= 15 is 0 Å². The molecular formula is C18H23NO2. The molecule has 1 aromatic carbocycles. The van der Waals surface area contributed by atoms with Gasteiger partial charge in [0.25, 0.3) is 5.91 Å². The van der Waals surface area contributed by atoms with E-state index < -0.39 is 0 Å². The van der Waals surface area contributed by atoms with Crippen LogP contribution in [0.1, 0.15) is 53.6 Å². The fourth-order valence-corrected chi connectivity index (χ4v) is 2.76. The molecule has 1 amide bonds. The average Bonchev–Trinajstić information content (AvgIpc) is 3.02. The van der Waals surface area contributed by atoms with Crippen molar-refractivity contribution in [2.45, 2.75) is 45.1 Å². The van der Waals surface area contributed by atoms with Crippen LogP contribution < -0.4 is 0 Å². The topological polar surface area (TPSA) is 40.5 Å². The van der Waals surface area contributed by atoms with Gasteiger partial charge in [-0.1, -0.05) is 30.7 Å². The van der Waals surface area contributed by atoms with Gasteiger partial charge in [0.05, 0.1) is 6.61 Å². The van der Waals surface area contributed by atoms with E-state index in [9.17, 15) is 4.79 Å². The first-order valence-corrected chi connectivity index (χ1v) is 7.61. The van der Waals surface area contributed by atoms with Crippen LogP contribution >= 0.6 is 0 Å². The third-order valence-electron chi connectivity index (χ3n) is 4.14. The van der Waals surface area contributed by atoms with Gasteiger partial charge in [-0.15, -0.1) is 0 Å². The molecule has 0 spiro atoms. The lowest BCUT2D eigenvalue weighted by Crippen LogP contribution is -2.35. The van der Waals surface area contributed by atoms with E-state index in [2.05, 4.69) is 11.8 Å². The van der Waals surface area contributed by atoms with Gasteiger partial charge in [-0.05, 0) is 37.5 Å². The molecule has 0 heterocycles. The summed E-state index contributed by atoms with van der Waals surface area (Å²) in [6.07, 6.45) is 5.11. The normalized spacial score (nSPS) is 14.6. The molecule has 1 saturated carbocycles. The van der Waals surface area contributed by atoms with E-state index in [1.165, 1.54) is 12.8 Å². The van der Waals surface area contributed by atoms with Gasteiger partial charge in [-0.2, -0.15) is 0 Å². The molecule has 0 atom stereocenters. The lowest BCUT2D eigenvalue weighted by atomic mass is 10.0. The molecule has 0 unspecified atom stereocenters. The number of aliphatic hydroxyl groups is 1. The maximum absolute atomic E-state index is 12.6. The molecule has 0 aromatic heterocycles. The van der Waals surface area contributed by atoms with Crippen molar-refractivity contribution in [1.82, 2.24) is 4.90 Å². The summed E-state index contributed by atoms with van der Waals surface area (Å²) in [6, 6.07) is 6.06. The first-order chi connectivity index (χ1) is 10.1. The summed E-state index contributed by atoms with van der Waals surface area (Å²) >= 11 is 0. The highest BCUT2D eigenvalue weighted by atomic mass is 16.2. The highest BCUT2D eigenvalue weighted by Crippen LogP contribution is 2.24. The van der Waals surface area contributed by atoms with Crippen LogP contribution in [0.4, 0.5) is 0 Å². The van der Waals surface area contributed by atoms with Gasteiger partial charge in [-0.3, -0.25) is 4.79 Å². The van der Waals surface area contributed by atoms with Crippen molar-refractivity contribution in [2.75, 3.05) is 13.7 Å². The number of hydrogen-bond donors (Lipinski definition) is 1. The van der Waals surface area contributed by atoms with Crippen LogP contribution in [-0.2, 0) is 0 Å². The number of rotatable bonds is 3. The van der Waals surface area contributed by atoms with Crippen LogP contribution in [0.5, 0.6) is 0 Å². The zero-order valence-corrected chi connectivity index (χ0v) is 12.9. The standard InChI is InChI=1S/C18H23NO2/c1-14-10-11-16(13-15(14)7-5-6-12-20)18(21)19(2)17-8-3-4-9-17/h10-11,13,17,20H,3-4,6,8-9,12H2,1-2H3. The first-order valence-electron chi connectivity index (χ1n) is 7.61. The Kier molecular flexibility index (Phi) is 5.41. The molecule has 1 aliphatic rings. The van der Waals surface area contributed by atoms with Gasteiger partial charge >= 0.3 is 0 Å². The number of carbonyl (C=O) groups excluding carboxylic acids is 1. The highest BCUT2D eigenvalue weighted by molar-refractivity contribution is 5.94. The molecule has 3 nitrogen and oxygen atoms in total. The molecule has 112 valence electrons. The molecule has 0 saturated heterocycles. The summed E-state index contributed by atoms with van der Waals surface area (Å²) in [5.41, 5.74) is 2.62. The monoisotopic (exact) mass is 285 g/mol. The van der Waals surface area contributed by atoms with Gasteiger partial charge < -0.3 is 10.0 Å². The van der Waals surface area contributed by atoms with Crippen molar-refractivity contribution in [3.8, 4) is 11.8 Å². The Balaban J connectivity index is 2.17. The molecule has 1 aliphatic carbocycles. The summed E-state index contributed by atoms with van der Waals surface area (Å²) < 4.78 is 0. The molecule has 1 N–H and O–H groups in total. The summed E-state index contributed by atoms with van der Waals surface area (Å²) in [5.74, 6) is 6.03. The summed E-state index contributed by atoms with van der Waals surface area (Å²) in [5, 5.41) is 8.79. The second-order valence-corrected chi connectivity index (χ2v) is 5.66. The Labute approximate surface area is 127 Å². The molecule has 1 aromatic rings. The lowest BCUT2D eigenvalue weighted by molar-refractivity contribution is 0.0735. The van der Waals surface area contributed by atoms with Crippen molar-refractivity contribution in [1.29, 1.82) is 0 Å². The molecule has 2 rings (SSSR count). The Morgan fingerprint density at radius 1 is 1.38 bits per heavy atom. The highest BCUT2D eigenvalue weighted by Gasteiger charge is 2.24. The van der Waals surface area contributed by atoms with Crippen molar-refractivity contribution in [3.05, 3.63) is 34.9 Å². The van der Waals surface area contributed by atoms with Crippen molar-refractivity contribution < 1.29 is 9.90 Å². The number of nitrogens with zero attached hydrogens (tertiary/aromatic N) is 1. The van der Waals surface area contributed by atoms with Crippen LogP contribution in [0.3, 0.4) is 0 Å². The molecule has 0 radical (unpaired) electrons. The van der Waals surface area contributed by atoms with Crippen molar-refractivity contribution in [2.24, 2.45) is 0 Å². The fraction of sp³-hybridized carbons (Fsp3) is 0.500. The largest absolute Gasteiger partial charge is 0.395 e. The van der Waals surface area contributed by atoms with Crippen molar-refractivity contribution in [3.63, 3.8) is 0 Å². The molecular weight excluding hydrogens is 262 g/mol. The zero-order valence-electron chi connectivity index (χ0n) is 12.9. The van der Waals surface area contributed by atoms with Gasteiger partial charge in [0.15, 0.2) is 0 Å². The van der Waals surface area contributed by atoms with Gasteiger partial charge in [0.1, 0.15) is 0 Å². The minimum atomic E-state index is 0.0646. The molecule has 0 bridgehead atoms. The van der Waals surface area contributed by atoms with Crippen LogP contribution in [0.2, 0.25) is 0 Å². The van der Waals surface area contributed by atoms with Crippen molar-refractivity contribution >= 4 is 5.91 Å². The Morgan fingerprint density at radius 3 is 2.76 bits per heavy atom. The van der Waals surface area contributed by atoms with E-state index in [-0.39, 0.29) is 12.5 Å². The number of hydrogen-bond acceptors (Lipinski definition) is 2. The Hall–Kier alpha value is -1.79. The third-order valence-corrected chi connectivity index (χ3v) is 4.14. The number of benzene rings is 1. The van der Waals surface area contributed by atoms with Gasteiger partial charge in [0, 0.05) is 30.6 Å². The zero-order chi connectivity index (χ0) is 15.2. The first kappa shape index (κ1) is 15.6. The second-order valence-electron chi connectivity index (χ2n) is 5.66.